The Morgan fingerprint density at radius 3 is 0.683 bits per heavy atom. The Bertz CT molecular complexity index is 2400. The molecule has 0 fully saturated rings. The van der Waals surface area contributed by atoms with Crippen molar-refractivity contribution in [1.82, 2.24) is 0 Å². The molecule has 0 nitrogen and oxygen atoms in total. The van der Waals surface area contributed by atoms with E-state index in [0.29, 0.717) is 0 Å². The number of rotatable bonds is 11. The first kappa shape index (κ1) is 40.5. The lowest BCUT2D eigenvalue weighted by molar-refractivity contribution is 1.47. The van der Waals surface area contributed by atoms with Crippen LogP contribution < -0.4 is 31.1 Å². The second-order valence-electron chi connectivity index (χ2n) is 16.7. The highest BCUT2D eigenvalue weighted by molar-refractivity contribution is 7.15. The predicted octanol–water partition coefficient (Wildman–Crippen LogP) is 10.6. The Kier molecular flexibility index (Phi) is 11.8. The molecule has 8 aromatic rings. The van der Waals surface area contributed by atoms with Crippen molar-refractivity contribution in [2.75, 3.05) is 0 Å². The molecule has 0 unspecified atom stereocenters. The van der Waals surface area contributed by atoms with Gasteiger partial charge in [-0.3, -0.25) is 0 Å². The zero-order chi connectivity index (χ0) is 41.7. The van der Waals surface area contributed by atoms with Crippen molar-refractivity contribution in [1.29, 1.82) is 0 Å². The molecule has 8 aromatic carbocycles. The van der Waals surface area contributed by atoms with E-state index in [1.807, 2.05) is 0 Å². The van der Waals surface area contributed by atoms with Crippen LogP contribution in [0.2, 0.25) is 0 Å². The maximum atomic E-state index is 2.55. The number of benzene rings is 8. The number of aryl methyl sites for hydroxylation is 6. The van der Waals surface area contributed by atoms with Gasteiger partial charge >= 0.3 is 0 Å². The molecule has 0 heterocycles. The van der Waals surface area contributed by atoms with E-state index >= 15 is 0 Å². The Morgan fingerprint density at radius 2 is 0.483 bits per heavy atom. The summed E-state index contributed by atoms with van der Waals surface area (Å²) in [5.74, 6) is 0. The third-order valence-electron chi connectivity index (χ3n) is 12.0. The monoisotopic (exact) mass is 806 g/mol. The van der Waals surface area contributed by atoms with Crippen LogP contribution in [0.4, 0.5) is 0 Å². The molecule has 0 N–H and O–H groups in total. The first-order valence-corrected chi connectivity index (χ1v) is 25.3. The molecule has 0 aliphatic carbocycles. The highest BCUT2D eigenvalue weighted by atomic mass is 28.3. The molecule has 0 aliphatic rings. The van der Waals surface area contributed by atoms with Gasteiger partial charge in [0.05, 0.1) is 0 Å². The van der Waals surface area contributed by atoms with Crippen molar-refractivity contribution < 1.29 is 0 Å². The first-order chi connectivity index (χ1) is 29.1. The van der Waals surface area contributed by atoms with Gasteiger partial charge in [-0.2, -0.15) is 0 Å². The van der Waals surface area contributed by atoms with Gasteiger partial charge in [0.15, 0.2) is 16.1 Å². The molecule has 0 atom stereocenters. The quantitative estimate of drug-likeness (QED) is 0.0902. The lowest BCUT2D eigenvalue weighted by atomic mass is 10.0. The SMILES string of the molecule is Cc1cccc([Si](/C=C/c2ccc(-c3ccc(/C=C/[Si](c4cccc(C)c4)(c4cccc(C)c4)c4cccc(C)c4)cc3)cc2)(c2cccc(C)c2)c2cccc(C)c2)c1. The van der Waals surface area contributed by atoms with Crippen molar-refractivity contribution in [2.45, 2.75) is 41.5 Å². The van der Waals surface area contributed by atoms with E-state index in [1.165, 1.54) is 86.8 Å². The van der Waals surface area contributed by atoms with Crippen LogP contribution in [0, 0.1) is 41.5 Å². The van der Waals surface area contributed by atoms with Crippen molar-refractivity contribution >= 4 is 59.4 Å². The molecular weight excluding hydrogens is 753 g/mol. The highest BCUT2D eigenvalue weighted by Crippen LogP contribution is 2.23. The molecular formula is C58H54Si2. The Hall–Kier alpha value is -6.33. The van der Waals surface area contributed by atoms with Gasteiger partial charge in [0.25, 0.3) is 0 Å². The largest absolute Gasteiger partial charge is 0.172 e. The fourth-order valence-corrected chi connectivity index (χ4v) is 17.9. The second-order valence-corrected chi connectivity index (χ2v) is 24.1. The van der Waals surface area contributed by atoms with Gasteiger partial charge in [-0.05, 0) is 94.9 Å². The standard InChI is InChI=1S/C58H54Si2/c1-43-13-7-19-53(37-43)59(54-20-8-14-44(2)38-54,55-21-9-15-45(3)39-55)35-33-49-25-29-51(30-26-49)52-31-27-50(28-32-52)34-36-60(56-22-10-16-46(4)40-56,57-23-11-17-47(5)41-57)58-24-12-18-48(6)42-58/h7-42H,1-6H3/b35-33+,36-34+. The van der Waals surface area contributed by atoms with E-state index in [-0.39, 0.29) is 0 Å². The van der Waals surface area contributed by atoms with Crippen LogP contribution in [0.25, 0.3) is 23.3 Å². The molecule has 0 radical (unpaired) electrons. The Balaban J connectivity index is 1.14. The predicted molar refractivity (Wildman–Crippen MR) is 266 cm³/mol. The van der Waals surface area contributed by atoms with Crippen LogP contribution in [-0.4, -0.2) is 16.1 Å². The van der Waals surface area contributed by atoms with E-state index in [1.54, 1.807) is 0 Å². The Morgan fingerprint density at radius 1 is 0.267 bits per heavy atom. The van der Waals surface area contributed by atoms with Crippen molar-refractivity contribution in [3.05, 3.63) is 250 Å². The average Bonchev–Trinajstić information content (AvgIpc) is 3.25. The Labute approximate surface area is 360 Å². The van der Waals surface area contributed by atoms with Crippen LogP contribution in [0.3, 0.4) is 0 Å². The lowest BCUT2D eigenvalue weighted by Gasteiger charge is -2.31. The zero-order valence-electron chi connectivity index (χ0n) is 35.8. The summed E-state index contributed by atoms with van der Waals surface area (Å²) in [4.78, 5) is 0. The van der Waals surface area contributed by atoms with Crippen LogP contribution in [0.15, 0.2) is 206 Å². The maximum absolute atomic E-state index is 2.56. The molecule has 2 heteroatoms. The molecule has 0 saturated heterocycles. The van der Waals surface area contributed by atoms with E-state index in [9.17, 15) is 0 Å². The summed E-state index contributed by atoms with van der Waals surface area (Å²) in [7, 11) is -5.13. The van der Waals surface area contributed by atoms with E-state index in [0.717, 1.165) is 0 Å². The van der Waals surface area contributed by atoms with Gasteiger partial charge in [0.2, 0.25) is 0 Å². The van der Waals surface area contributed by atoms with Gasteiger partial charge in [0, 0.05) is 0 Å². The highest BCUT2D eigenvalue weighted by Gasteiger charge is 2.38. The van der Waals surface area contributed by atoms with Gasteiger partial charge < -0.3 is 0 Å². The summed E-state index contributed by atoms with van der Waals surface area (Å²) in [5, 5.41) is 8.40. The molecule has 60 heavy (non-hydrogen) atoms. The average molecular weight is 807 g/mol. The van der Waals surface area contributed by atoms with Crippen molar-refractivity contribution in [3.8, 4) is 11.1 Å². The van der Waals surface area contributed by atoms with Crippen LogP contribution in [-0.2, 0) is 0 Å². The van der Waals surface area contributed by atoms with Crippen LogP contribution in [0.1, 0.15) is 44.5 Å². The number of hydrogen-bond donors (Lipinski definition) is 0. The van der Waals surface area contributed by atoms with Crippen LogP contribution >= 0.6 is 0 Å². The van der Waals surface area contributed by atoms with Gasteiger partial charge in [0.1, 0.15) is 0 Å². The topological polar surface area (TPSA) is 0 Å². The van der Waals surface area contributed by atoms with E-state index in [2.05, 4.69) is 259 Å². The summed E-state index contributed by atoms with van der Waals surface area (Å²) >= 11 is 0. The summed E-state index contributed by atoms with van der Waals surface area (Å²) < 4.78 is 0. The van der Waals surface area contributed by atoms with E-state index < -0.39 is 16.1 Å². The van der Waals surface area contributed by atoms with Gasteiger partial charge in [-0.1, -0.05) is 251 Å². The normalized spacial score (nSPS) is 12.0. The molecule has 0 aliphatic heterocycles. The molecule has 0 aromatic heterocycles. The maximum Gasteiger partial charge on any atom is 0.172 e. The summed E-state index contributed by atoms with van der Waals surface area (Å²) in [6.07, 6.45) is 4.73. The van der Waals surface area contributed by atoms with Crippen LogP contribution in [0.5, 0.6) is 0 Å². The fourth-order valence-electron chi connectivity index (χ4n) is 8.94. The van der Waals surface area contributed by atoms with Crippen molar-refractivity contribution in [2.24, 2.45) is 0 Å². The minimum absolute atomic E-state index is 1.20. The molecule has 294 valence electrons. The molecule has 0 amide bonds. The molecule has 0 bridgehead atoms. The van der Waals surface area contributed by atoms with Gasteiger partial charge in [-0.15, -0.1) is 0 Å². The fraction of sp³-hybridized carbons (Fsp3) is 0.103. The zero-order valence-corrected chi connectivity index (χ0v) is 37.8. The van der Waals surface area contributed by atoms with Crippen molar-refractivity contribution in [3.63, 3.8) is 0 Å². The third kappa shape index (κ3) is 8.40. The lowest BCUT2D eigenvalue weighted by Crippen LogP contribution is -2.66. The molecule has 0 spiro atoms. The number of hydrogen-bond acceptors (Lipinski definition) is 0. The first-order valence-electron chi connectivity index (χ1n) is 21.1. The summed E-state index contributed by atoms with van der Waals surface area (Å²) in [5.41, 5.74) is 17.6. The van der Waals surface area contributed by atoms with E-state index in [4.69, 9.17) is 0 Å². The summed E-state index contributed by atoms with van der Waals surface area (Å²) in [6.45, 7) is 13.2. The smallest absolute Gasteiger partial charge is 0.0812 e. The minimum atomic E-state index is -2.56. The second kappa shape index (κ2) is 17.5. The third-order valence-corrected chi connectivity index (χ3v) is 20.7. The summed E-state index contributed by atoms with van der Waals surface area (Å²) in [6, 6.07) is 73.2. The molecule has 0 saturated carbocycles. The minimum Gasteiger partial charge on any atom is -0.0812 e. The van der Waals surface area contributed by atoms with Gasteiger partial charge in [-0.25, -0.2) is 0 Å². The molecule has 8 rings (SSSR count).